The summed E-state index contributed by atoms with van der Waals surface area (Å²) in [6.07, 6.45) is 4.46. The van der Waals surface area contributed by atoms with E-state index in [1.54, 1.807) is 16.9 Å². The Labute approximate surface area is 188 Å². The van der Waals surface area contributed by atoms with Crippen LogP contribution in [-0.2, 0) is 6.42 Å². The summed E-state index contributed by atoms with van der Waals surface area (Å²) >= 11 is 0. The third-order valence-electron chi connectivity index (χ3n) is 6.69. The molecule has 1 aliphatic heterocycles. The van der Waals surface area contributed by atoms with Gasteiger partial charge in [0.15, 0.2) is 11.4 Å². The first kappa shape index (κ1) is 20.7. The molecule has 7 heteroatoms. The number of carbonyl (C=O) groups excluding carboxylic acids is 2. The minimum Gasteiger partial charge on any atom is -0.365 e. The second kappa shape index (κ2) is 7.43. The third-order valence-corrected chi connectivity index (χ3v) is 6.69. The zero-order chi connectivity index (χ0) is 22.6. The number of hydrogen-bond acceptors (Lipinski definition) is 5. The van der Waals surface area contributed by atoms with Crippen LogP contribution in [0, 0.1) is 12.3 Å². The number of piperazine rings is 1. The van der Waals surface area contributed by atoms with Crippen LogP contribution in [0.3, 0.4) is 0 Å². The van der Waals surface area contributed by atoms with Crippen LogP contribution in [0.25, 0.3) is 5.65 Å². The third kappa shape index (κ3) is 3.45. The number of fused-ring (bicyclic) bond motifs is 3. The highest BCUT2D eigenvalue weighted by Gasteiger charge is 2.35. The van der Waals surface area contributed by atoms with Gasteiger partial charge in [-0.05, 0) is 43.4 Å². The molecule has 1 atom stereocenters. The average Bonchev–Trinajstić information content (AvgIpc) is 3.17. The van der Waals surface area contributed by atoms with E-state index in [1.807, 2.05) is 4.90 Å². The molecule has 3 heterocycles. The molecule has 5 rings (SSSR count). The number of hydrogen-bond donors (Lipinski definition) is 0. The van der Waals surface area contributed by atoms with E-state index in [0.717, 1.165) is 18.7 Å². The SMILES string of the molecule is Cc1cccc(N2CCN(C(=O)c3cnn4c5c(cnc34)C(=O)CC(C)(C)C5)C[C@H]2C)c1. The van der Waals surface area contributed by atoms with Gasteiger partial charge in [-0.3, -0.25) is 9.59 Å². The zero-order valence-electron chi connectivity index (χ0n) is 19.1. The molecule has 0 bridgehead atoms. The van der Waals surface area contributed by atoms with Crippen LogP contribution in [0.5, 0.6) is 0 Å². The first-order chi connectivity index (χ1) is 15.2. The molecule has 0 N–H and O–H groups in total. The van der Waals surface area contributed by atoms with Gasteiger partial charge in [0.1, 0.15) is 5.56 Å². The fourth-order valence-electron chi connectivity index (χ4n) is 5.08. The van der Waals surface area contributed by atoms with Crippen LogP contribution < -0.4 is 4.90 Å². The molecule has 0 unspecified atom stereocenters. The summed E-state index contributed by atoms with van der Waals surface area (Å²) < 4.78 is 1.70. The van der Waals surface area contributed by atoms with Gasteiger partial charge in [0, 0.05) is 44.0 Å². The number of aryl methyl sites for hydroxylation is 1. The molecule has 1 amide bonds. The number of rotatable bonds is 2. The maximum Gasteiger partial charge on any atom is 0.259 e. The van der Waals surface area contributed by atoms with Gasteiger partial charge in [0.2, 0.25) is 0 Å². The molecule has 1 aliphatic carbocycles. The highest BCUT2D eigenvalue weighted by molar-refractivity contribution is 6.01. The van der Waals surface area contributed by atoms with E-state index in [9.17, 15) is 9.59 Å². The lowest BCUT2D eigenvalue weighted by Crippen LogP contribution is -2.53. The van der Waals surface area contributed by atoms with Crippen molar-refractivity contribution in [3.05, 3.63) is 59.0 Å². The summed E-state index contributed by atoms with van der Waals surface area (Å²) in [4.78, 5) is 34.7. The summed E-state index contributed by atoms with van der Waals surface area (Å²) in [6.45, 7) is 10.5. The Morgan fingerprint density at radius 2 is 1.97 bits per heavy atom. The van der Waals surface area contributed by atoms with Crippen LogP contribution in [0.15, 0.2) is 36.7 Å². The number of carbonyl (C=O) groups is 2. The van der Waals surface area contributed by atoms with Gasteiger partial charge < -0.3 is 9.80 Å². The standard InChI is InChI=1S/C25H29N5O2/c1-16-6-5-7-18(10-16)29-9-8-28(15-17(29)2)24(32)20-14-27-30-21-11-25(3,4)12-22(31)19(21)13-26-23(20)30/h5-7,10,13-14,17H,8-9,11-12,15H2,1-4H3/t17-/m1/s1. The first-order valence-electron chi connectivity index (χ1n) is 11.2. The summed E-state index contributed by atoms with van der Waals surface area (Å²) in [7, 11) is 0. The van der Waals surface area contributed by atoms with Crippen molar-refractivity contribution < 1.29 is 9.59 Å². The fourth-order valence-corrected chi connectivity index (χ4v) is 5.08. The molecule has 166 valence electrons. The number of aromatic nitrogens is 3. The smallest absolute Gasteiger partial charge is 0.259 e. The number of anilines is 1. The van der Waals surface area contributed by atoms with Gasteiger partial charge in [-0.2, -0.15) is 5.10 Å². The summed E-state index contributed by atoms with van der Waals surface area (Å²) in [5, 5.41) is 4.48. The first-order valence-corrected chi connectivity index (χ1v) is 11.2. The van der Waals surface area contributed by atoms with E-state index in [1.165, 1.54) is 11.3 Å². The van der Waals surface area contributed by atoms with Gasteiger partial charge in [0.05, 0.1) is 17.5 Å². The number of ketones is 1. The van der Waals surface area contributed by atoms with E-state index in [0.29, 0.717) is 36.3 Å². The van der Waals surface area contributed by atoms with Crippen molar-refractivity contribution in [2.75, 3.05) is 24.5 Å². The van der Waals surface area contributed by atoms with Crippen molar-refractivity contribution in [2.24, 2.45) is 5.41 Å². The summed E-state index contributed by atoms with van der Waals surface area (Å²) in [5.41, 5.74) is 4.81. The predicted octanol–water partition coefficient (Wildman–Crippen LogP) is 3.54. The van der Waals surface area contributed by atoms with Gasteiger partial charge in [-0.15, -0.1) is 0 Å². The van der Waals surface area contributed by atoms with E-state index in [4.69, 9.17) is 0 Å². The molecule has 1 saturated heterocycles. The fraction of sp³-hybridized carbons (Fsp3) is 0.440. The largest absolute Gasteiger partial charge is 0.365 e. The van der Waals surface area contributed by atoms with Crippen LogP contribution in [0.4, 0.5) is 5.69 Å². The Morgan fingerprint density at radius 3 is 2.72 bits per heavy atom. The molecule has 7 nitrogen and oxygen atoms in total. The van der Waals surface area contributed by atoms with Crippen molar-refractivity contribution >= 4 is 23.0 Å². The molecular weight excluding hydrogens is 402 g/mol. The minimum absolute atomic E-state index is 0.0513. The van der Waals surface area contributed by atoms with Crippen molar-refractivity contribution in [3.63, 3.8) is 0 Å². The molecule has 1 fully saturated rings. The molecule has 0 spiro atoms. The Hall–Kier alpha value is -3.22. The number of benzene rings is 1. The second-order valence-corrected chi connectivity index (χ2v) is 9.99. The van der Waals surface area contributed by atoms with E-state index >= 15 is 0 Å². The van der Waals surface area contributed by atoms with Crippen molar-refractivity contribution in [3.8, 4) is 0 Å². The predicted molar refractivity (Wildman–Crippen MR) is 123 cm³/mol. The second-order valence-electron chi connectivity index (χ2n) is 9.99. The monoisotopic (exact) mass is 431 g/mol. The number of nitrogens with zero attached hydrogens (tertiary/aromatic N) is 5. The van der Waals surface area contributed by atoms with Gasteiger partial charge in [0.25, 0.3) is 5.91 Å². The normalized spacial score (nSPS) is 20.5. The summed E-state index contributed by atoms with van der Waals surface area (Å²) in [5.74, 6) is 0.0414. The van der Waals surface area contributed by atoms with Crippen LogP contribution in [-0.4, -0.2) is 56.9 Å². The molecule has 3 aromatic rings. The van der Waals surface area contributed by atoms with Crippen molar-refractivity contribution in [2.45, 2.75) is 46.6 Å². The van der Waals surface area contributed by atoms with E-state index < -0.39 is 0 Å². The highest BCUT2D eigenvalue weighted by Crippen LogP contribution is 2.35. The van der Waals surface area contributed by atoms with Crippen LogP contribution >= 0.6 is 0 Å². The maximum atomic E-state index is 13.4. The zero-order valence-corrected chi connectivity index (χ0v) is 19.1. The van der Waals surface area contributed by atoms with E-state index in [2.05, 4.69) is 66.9 Å². The molecule has 2 aromatic heterocycles. The Kier molecular flexibility index (Phi) is 4.80. The van der Waals surface area contributed by atoms with Crippen LogP contribution in [0.1, 0.15) is 59.2 Å². The molecule has 1 aromatic carbocycles. The van der Waals surface area contributed by atoms with Gasteiger partial charge >= 0.3 is 0 Å². The van der Waals surface area contributed by atoms with Crippen molar-refractivity contribution in [1.29, 1.82) is 0 Å². The minimum atomic E-state index is -0.129. The van der Waals surface area contributed by atoms with E-state index in [-0.39, 0.29) is 23.1 Å². The Morgan fingerprint density at radius 1 is 1.16 bits per heavy atom. The lowest BCUT2D eigenvalue weighted by molar-refractivity contribution is 0.0728. The molecule has 0 saturated carbocycles. The molecule has 2 aliphatic rings. The summed E-state index contributed by atoms with van der Waals surface area (Å²) in [6, 6.07) is 8.69. The Bertz CT molecular complexity index is 1230. The van der Waals surface area contributed by atoms with Gasteiger partial charge in [-0.1, -0.05) is 26.0 Å². The number of amides is 1. The highest BCUT2D eigenvalue weighted by atomic mass is 16.2. The van der Waals surface area contributed by atoms with Gasteiger partial charge in [-0.25, -0.2) is 9.50 Å². The topological polar surface area (TPSA) is 70.8 Å². The Balaban J connectivity index is 1.41. The quantitative estimate of drug-likeness (QED) is 0.621. The maximum absolute atomic E-state index is 13.4. The van der Waals surface area contributed by atoms with Crippen LogP contribution in [0.2, 0.25) is 0 Å². The van der Waals surface area contributed by atoms with Crippen molar-refractivity contribution in [1.82, 2.24) is 19.5 Å². The molecule has 0 radical (unpaired) electrons. The number of Topliss-reactive ketones (excluding diaryl/α,β-unsaturated/α-hetero) is 1. The molecular formula is C25H29N5O2. The average molecular weight is 432 g/mol. The lowest BCUT2D eigenvalue weighted by atomic mass is 9.76. The lowest BCUT2D eigenvalue weighted by Gasteiger charge is -2.41. The molecule has 32 heavy (non-hydrogen) atoms.